The smallest absolute Gasteiger partial charge is 0.316 e. The van der Waals surface area contributed by atoms with Crippen LogP contribution in [0.1, 0.15) is 32.1 Å². The maximum Gasteiger partial charge on any atom is 0.316 e. The monoisotopic (exact) mass is 372 g/mol. The van der Waals surface area contributed by atoms with E-state index in [0.717, 1.165) is 26.1 Å². The number of nitrogens with one attached hydrogen (secondary N) is 1. The van der Waals surface area contributed by atoms with Crippen molar-refractivity contribution in [2.24, 2.45) is 7.05 Å². The lowest BCUT2D eigenvalue weighted by Crippen LogP contribution is -2.41. The molecular weight excluding hydrogens is 344 g/mol. The molecule has 0 bridgehead atoms. The van der Waals surface area contributed by atoms with Crippen LogP contribution >= 0.6 is 0 Å². The molecule has 7 heteroatoms. The van der Waals surface area contributed by atoms with Gasteiger partial charge < -0.3 is 19.4 Å². The second-order valence-electron chi connectivity index (χ2n) is 7.17. The number of carbonyl (C=O) groups excluding carboxylic acids is 1. The molecule has 1 saturated heterocycles. The Bertz CT molecular complexity index is 910. The summed E-state index contributed by atoms with van der Waals surface area (Å²) in [6, 6.07) is 7.25. The minimum absolute atomic E-state index is 0.0923. The summed E-state index contributed by atoms with van der Waals surface area (Å²) in [5.41, 5.74) is 0.191. The number of nitrogens with zero attached hydrogens (tertiary/aromatic N) is 3. The van der Waals surface area contributed by atoms with E-state index in [2.05, 4.69) is 10.2 Å². The lowest BCUT2D eigenvalue weighted by atomic mass is 10.1. The third kappa shape index (κ3) is 4.66. The molecule has 7 nitrogen and oxygen atoms in total. The Hall–Kier alpha value is -2.41. The van der Waals surface area contributed by atoms with Crippen LogP contribution in [0, 0.1) is 0 Å². The van der Waals surface area contributed by atoms with Gasteiger partial charge in [0.05, 0.1) is 11.0 Å². The number of rotatable bonds is 7. The molecule has 1 fully saturated rings. The van der Waals surface area contributed by atoms with E-state index in [0.29, 0.717) is 17.6 Å². The lowest BCUT2D eigenvalue weighted by molar-refractivity contribution is -0.121. The van der Waals surface area contributed by atoms with E-state index in [1.165, 1.54) is 28.4 Å². The average molecular weight is 372 g/mol. The molecule has 0 spiro atoms. The molecule has 0 saturated carbocycles. The molecule has 0 radical (unpaired) electrons. The Morgan fingerprint density at radius 2 is 1.70 bits per heavy atom. The van der Waals surface area contributed by atoms with Crippen LogP contribution in [0.5, 0.6) is 0 Å². The Balaban J connectivity index is 1.54. The Morgan fingerprint density at radius 1 is 1.00 bits per heavy atom. The summed E-state index contributed by atoms with van der Waals surface area (Å²) >= 11 is 0. The minimum Gasteiger partial charge on any atom is -0.356 e. The van der Waals surface area contributed by atoms with Crippen molar-refractivity contribution >= 4 is 16.9 Å². The van der Waals surface area contributed by atoms with Gasteiger partial charge in [0.15, 0.2) is 0 Å². The highest BCUT2D eigenvalue weighted by atomic mass is 16.2. The molecule has 27 heavy (non-hydrogen) atoms. The van der Waals surface area contributed by atoms with Crippen LogP contribution in [0.4, 0.5) is 0 Å². The van der Waals surface area contributed by atoms with Crippen molar-refractivity contribution in [1.29, 1.82) is 0 Å². The zero-order chi connectivity index (χ0) is 19.2. The van der Waals surface area contributed by atoms with E-state index < -0.39 is 11.1 Å². The highest BCUT2D eigenvalue weighted by Crippen LogP contribution is 2.10. The van der Waals surface area contributed by atoms with Gasteiger partial charge in [-0.1, -0.05) is 18.6 Å². The Kier molecular flexibility index (Phi) is 6.45. The molecule has 2 heterocycles. The standard InChI is InChI=1S/C20H28N4O3/c1-22-16-8-3-4-9-17(16)24(20(27)19(22)26)15-10-18(25)21-11-7-14-23-12-5-2-6-13-23/h3-4,8-9H,2,5-7,10-15H2,1H3,(H,21,25). The van der Waals surface area contributed by atoms with Crippen LogP contribution in [0.25, 0.3) is 11.0 Å². The highest BCUT2D eigenvalue weighted by molar-refractivity contribution is 5.77. The molecule has 0 unspecified atom stereocenters. The van der Waals surface area contributed by atoms with Crippen LogP contribution in [0.3, 0.4) is 0 Å². The maximum absolute atomic E-state index is 12.3. The first kappa shape index (κ1) is 19.4. The van der Waals surface area contributed by atoms with Crippen molar-refractivity contribution < 1.29 is 4.79 Å². The topological polar surface area (TPSA) is 76.3 Å². The number of likely N-dealkylation sites (tertiary alicyclic amines) is 1. The molecule has 1 aliphatic rings. The van der Waals surface area contributed by atoms with Crippen LogP contribution in [-0.4, -0.2) is 46.1 Å². The van der Waals surface area contributed by atoms with Gasteiger partial charge in [0.2, 0.25) is 5.91 Å². The average Bonchev–Trinajstić information content (AvgIpc) is 2.70. The number of para-hydroxylation sites is 2. The van der Waals surface area contributed by atoms with Crippen molar-refractivity contribution in [1.82, 2.24) is 19.4 Å². The fraction of sp³-hybridized carbons (Fsp3) is 0.550. The summed E-state index contributed by atoms with van der Waals surface area (Å²) in [4.78, 5) is 39.1. The Labute approximate surface area is 158 Å². The van der Waals surface area contributed by atoms with Gasteiger partial charge in [-0.3, -0.25) is 14.4 Å². The van der Waals surface area contributed by atoms with Crippen molar-refractivity contribution in [2.75, 3.05) is 26.2 Å². The largest absolute Gasteiger partial charge is 0.356 e. The summed E-state index contributed by atoms with van der Waals surface area (Å²) in [7, 11) is 1.59. The van der Waals surface area contributed by atoms with E-state index in [1.807, 2.05) is 12.1 Å². The van der Waals surface area contributed by atoms with E-state index in [4.69, 9.17) is 0 Å². The van der Waals surface area contributed by atoms with Gasteiger partial charge in [-0.2, -0.15) is 0 Å². The van der Waals surface area contributed by atoms with Crippen LogP contribution in [0.2, 0.25) is 0 Å². The second kappa shape index (κ2) is 8.99. The number of amides is 1. The number of aromatic nitrogens is 2. The molecular formula is C20H28N4O3. The molecule has 146 valence electrons. The fourth-order valence-electron chi connectivity index (χ4n) is 3.69. The van der Waals surface area contributed by atoms with Crippen LogP contribution in [-0.2, 0) is 18.4 Å². The number of benzene rings is 1. The van der Waals surface area contributed by atoms with Gasteiger partial charge >= 0.3 is 11.1 Å². The third-order valence-electron chi connectivity index (χ3n) is 5.25. The molecule has 1 aromatic heterocycles. The summed E-state index contributed by atoms with van der Waals surface area (Å²) < 4.78 is 2.76. The third-order valence-corrected chi connectivity index (χ3v) is 5.25. The van der Waals surface area contributed by atoms with Crippen molar-refractivity contribution in [2.45, 2.75) is 38.6 Å². The van der Waals surface area contributed by atoms with Gasteiger partial charge in [0.1, 0.15) is 0 Å². The summed E-state index contributed by atoms with van der Waals surface area (Å²) in [6.07, 6.45) is 4.97. The van der Waals surface area contributed by atoms with E-state index in [1.54, 1.807) is 19.2 Å². The molecule has 1 N–H and O–H groups in total. The number of aryl methyl sites for hydroxylation is 2. The van der Waals surface area contributed by atoms with E-state index in [9.17, 15) is 14.4 Å². The number of piperidine rings is 1. The number of fused-ring (bicyclic) bond motifs is 1. The van der Waals surface area contributed by atoms with Gasteiger partial charge in [-0.15, -0.1) is 0 Å². The molecule has 0 atom stereocenters. The Morgan fingerprint density at radius 3 is 2.44 bits per heavy atom. The summed E-state index contributed by atoms with van der Waals surface area (Å²) in [6.45, 7) is 4.17. The number of carbonyl (C=O) groups is 1. The van der Waals surface area contributed by atoms with Gasteiger partial charge in [0.25, 0.3) is 0 Å². The quantitative estimate of drug-likeness (QED) is 0.583. The highest BCUT2D eigenvalue weighted by Gasteiger charge is 2.12. The lowest BCUT2D eigenvalue weighted by Gasteiger charge is -2.26. The number of hydrogen-bond donors (Lipinski definition) is 1. The normalized spacial score (nSPS) is 15.1. The van der Waals surface area contributed by atoms with Crippen molar-refractivity contribution in [3.63, 3.8) is 0 Å². The first-order valence-electron chi connectivity index (χ1n) is 9.75. The SMILES string of the molecule is Cn1c(=O)c(=O)n(CCC(=O)NCCCN2CCCCC2)c2ccccc21. The first-order valence-corrected chi connectivity index (χ1v) is 9.75. The molecule has 3 rings (SSSR count). The summed E-state index contributed by atoms with van der Waals surface area (Å²) in [5, 5.41) is 2.92. The minimum atomic E-state index is -0.589. The zero-order valence-corrected chi connectivity index (χ0v) is 15.9. The van der Waals surface area contributed by atoms with Crippen molar-refractivity contribution in [3.8, 4) is 0 Å². The predicted molar refractivity (Wildman–Crippen MR) is 106 cm³/mol. The van der Waals surface area contributed by atoms with Gasteiger partial charge in [-0.25, -0.2) is 0 Å². The van der Waals surface area contributed by atoms with Crippen molar-refractivity contribution in [3.05, 3.63) is 45.0 Å². The predicted octanol–water partition coefficient (Wildman–Crippen LogP) is 1.08. The van der Waals surface area contributed by atoms with Gasteiger partial charge in [-0.05, 0) is 51.0 Å². The molecule has 1 aromatic carbocycles. The van der Waals surface area contributed by atoms with E-state index in [-0.39, 0.29) is 18.9 Å². The first-order chi connectivity index (χ1) is 13.1. The molecule has 2 aromatic rings. The molecule has 0 aliphatic carbocycles. The fourth-order valence-corrected chi connectivity index (χ4v) is 3.69. The maximum atomic E-state index is 12.3. The zero-order valence-electron chi connectivity index (χ0n) is 15.9. The second-order valence-corrected chi connectivity index (χ2v) is 7.17. The molecule has 1 aliphatic heterocycles. The van der Waals surface area contributed by atoms with E-state index >= 15 is 0 Å². The molecule has 1 amide bonds. The van der Waals surface area contributed by atoms with Crippen LogP contribution < -0.4 is 16.4 Å². The number of hydrogen-bond acceptors (Lipinski definition) is 4. The van der Waals surface area contributed by atoms with Crippen LogP contribution in [0.15, 0.2) is 33.9 Å². The summed E-state index contributed by atoms with van der Waals surface area (Å²) in [5.74, 6) is -0.0923. The van der Waals surface area contributed by atoms with Gasteiger partial charge in [0, 0.05) is 26.6 Å².